The number of hydrogen-bond acceptors (Lipinski definition) is 3. The maximum atomic E-state index is 12.3. The Morgan fingerprint density at radius 3 is 2.56 bits per heavy atom. The van der Waals surface area contributed by atoms with Crippen LogP contribution in [-0.2, 0) is 12.8 Å². The van der Waals surface area contributed by atoms with Crippen molar-refractivity contribution < 1.29 is 9.90 Å². The quantitative estimate of drug-likeness (QED) is 0.790. The number of nitrogens with zero attached hydrogens (tertiary/aromatic N) is 2. The van der Waals surface area contributed by atoms with Gasteiger partial charge in [0.05, 0.1) is 6.10 Å². The summed E-state index contributed by atoms with van der Waals surface area (Å²) in [4.78, 5) is 18.3. The van der Waals surface area contributed by atoms with E-state index >= 15 is 0 Å². The molecule has 5 nitrogen and oxygen atoms in total. The molecule has 1 aliphatic rings. The molecule has 27 heavy (non-hydrogen) atoms. The number of nitrogens with one attached hydrogen (secondary N) is 1. The van der Waals surface area contributed by atoms with Gasteiger partial charge in [-0.2, -0.15) is 0 Å². The Morgan fingerprint density at radius 1 is 1.11 bits per heavy atom. The molecule has 144 valence electrons. The third-order valence-corrected chi connectivity index (χ3v) is 5.36. The Morgan fingerprint density at radius 2 is 1.85 bits per heavy atom. The Labute approximate surface area is 161 Å². The van der Waals surface area contributed by atoms with Gasteiger partial charge < -0.3 is 15.3 Å². The lowest BCUT2D eigenvalue weighted by Crippen LogP contribution is -2.46. The number of likely N-dealkylation sites (tertiary alicyclic amines) is 1. The summed E-state index contributed by atoms with van der Waals surface area (Å²) in [6.45, 7) is 2.04. The van der Waals surface area contributed by atoms with Gasteiger partial charge in [-0.05, 0) is 55.2 Å². The fraction of sp³-hybridized carbons (Fsp3) is 0.455. The lowest BCUT2D eigenvalue weighted by molar-refractivity contribution is 0.0611. The van der Waals surface area contributed by atoms with Crippen LogP contribution in [0.4, 0.5) is 4.79 Å². The van der Waals surface area contributed by atoms with E-state index in [1.165, 1.54) is 5.56 Å². The Kier molecular flexibility index (Phi) is 7.22. The molecule has 1 aliphatic heterocycles. The van der Waals surface area contributed by atoms with Crippen LogP contribution < -0.4 is 5.32 Å². The first kappa shape index (κ1) is 19.4. The van der Waals surface area contributed by atoms with Crippen molar-refractivity contribution in [3.05, 3.63) is 66.0 Å². The molecule has 2 aromatic rings. The van der Waals surface area contributed by atoms with Gasteiger partial charge in [-0.25, -0.2) is 4.79 Å². The van der Waals surface area contributed by atoms with Crippen LogP contribution in [0.1, 0.15) is 30.4 Å². The summed E-state index contributed by atoms with van der Waals surface area (Å²) in [6.07, 6.45) is 7.49. The topological polar surface area (TPSA) is 65.5 Å². The van der Waals surface area contributed by atoms with Crippen molar-refractivity contribution in [2.45, 2.75) is 38.2 Å². The summed E-state index contributed by atoms with van der Waals surface area (Å²) < 4.78 is 0. The summed E-state index contributed by atoms with van der Waals surface area (Å²) >= 11 is 0. The van der Waals surface area contributed by atoms with Gasteiger partial charge in [0.15, 0.2) is 0 Å². The smallest absolute Gasteiger partial charge is 0.317 e. The molecule has 3 rings (SSSR count). The molecular formula is C22H29N3O2. The van der Waals surface area contributed by atoms with E-state index in [1.54, 1.807) is 6.20 Å². The molecule has 0 bridgehead atoms. The van der Waals surface area contributed by atoms with Crippen molar-refractivity contribution in [2.24, 2.45) is 5.92 Å². The predicted octanol–water partition coefficient (Wildman–Crippen LogP) is 3.04. The zero-order valence-electron chi connectivity index (χ0n) is 15.8. The highest BCUT2D eigenvalue weighted by Gasteiger charge is 2.27. The van der Waals surface area contributed by atoms with Crippen molar-refractivity contribution >= 4 is 6.03 Å². The largest absolute Gasteiger partial charge is 0.393 e. The van der Waals surface area contributed by atoms with Gasteiger partial charge in [0.1, 0.15) is 0 Å². The molecule has 2 heterocycles. The number of aliphatic hydroxyl groups excluding tert-OH is 1. The number of piperidine rings is 1. The SMILES string of the molecule is O=C(NCCc1cccnc1)N1CCC(C(O)CCc2ccccc2)CC1. The van der Waals surface area contributed by atoms with Gasteiger partial charge in [-0.15, -0.1) is 0 Å². The minimum absolute atomic E-state index is 0.00360. The minimum Gasteiger partial charge on any atom is -0.393 e. The van der Waals surface area contributed by atoms with Gasteiger partial charge in [-0.1, -0.05) is 36.4 Å². The third kappa shape index (κ3) is 6.07. The van der Waals surface area contributed by atoms with Crippen LogP contribution in [0.5, 0.6) is 0 Å². The van der Waals surface area contributed by atoms with Crippen LogP contribution in [0, 0.1) is 5.92 Å². The van der Waals surface area contributed by atoms with E-state index in [-0.39, 0.29) is 18.1 Å². The highest BCUT2D eigenvalue weighted by Crippen LogP contribution is 2.23. The number of amides is 2. The van der Waals surface area contributed by atoms with Crippen LogP contribution in [0.25, 0.3) is 0 Å². The van der Waals surface area contributed by atoms with E-state index in [0.717, 1.165) is 37.7 Å². The second kappa shape index (κ2) is 10.1. The van der Waals surface area contributed by atoms with Crippen LogP contribution in [0.15, 0.2) is 54.9 Å². The standard InChI is InChI=1S/C22H29N3O2/c26-21(9-8-18-5-2-1-3-6-18)20-11-15-25(16-12-20)22(27)24-14-10-19-7-4-13-23-17-19/h1-7,13,17,20-21,26H,8-12,14-16H2,(H,24,27). The molecule has 1 aromatic heterocycles. The van der Waals surface area contributed by atoms with E-state index in [4.69, 9.17) is 0 Å². The molecule has 0 radical (unpaired) electrons. The van der Waals surface area contributed by atoms with E-state index in [0.29, 0.717) is 19.6 Å². The first-order chi connectivity index (χ1) is 13.2. The fourth-order valence-corrected chi connectivity index (χ4v) is 3.65. The third-order valence-electron chi connectivity index (χ3n) is 5.36. The summed E-state index contributed by atoms with van der Waals surface area (Å²) in [5, 5.41) is 13.5. The maximum absolute atomic E-state index is 12.3. The molecule has 1 atom stereocenters. The number of carbonyl (C=O) groups excluding carboxylic acids is 1. The fourth-order valence-electron chi connectivity index (χ4n) is 3.65. The normalized spacial score (nSPS) is 16.1. The predicted molar refractivity (Wildman–Crippen MR) is 106 cm³/mol. The van der Waals surface area contributed by atoms with E-state index in [2.05, 4.69) is 22.4 Å². The van der Waals surface area contributed by atoms with E-state index in [1.807, 2.05) is 41.4 Å². The number of aryl methyl sites for hydroxylation is 1. The lowest BCUT2D eigenvalue weighted by atomic mass is 9.88. The monoisotopic (exact) mass is 367 g/mol. The van der Waals surface area contributed by atoms with Crippen LogP contribution in [-0.4, -0.2) is 46.8 Å². The highest BCUT2D eigenvalue weighted by atomic mass is 16.3. The zero-order valence-corrected chi connectivity index (χ0v) is 15.8. The van der Waals surface area contributed by atoms with Crippen molar-refractivity contribution in [3.8, 4) is 0 Å². The Bertz CT molecular complexity index is 685. The van der Waals surface area contributed by atoms with Crippen molar-refractivity contribution in [1.82, 2.24) is 15.2 Å². The first-order valence-electron chi connectivity index (χ1n) is 9.86. The molecule has 1 fully saturated rings. The molecule has 1 aromatic carbocycles. The van der Waals surface area contributed by atoms with Gasteiger partial charge in [0.2, 0.25) is 0 Å². The Hall–Kier alpha value is -2.40. The number of hydrogen-bond donors (Lipinski definition) is 2. The number of rotatable bonds is 7. The lowest BCUT2D eigenvalue weighted by Gasteiger charge is -2.34. The summed E-state index contributed by atoms with van der Waals surface area (Å²) in [6, 6.07) is 14.2. The van der Waals surface area contributed by atoms with Crippen LogP contribution >= 0.6 is 0 Å². The zero-order chi connectivity index (χ0) is 18.9. The van der Waals surface area contributed by atoms with Crippen LogP contribution in [0.2, 0.25) is 0 Å². The van der Waals surface area contributed by atoms with Crippen LogP contribution in [0.3, 0.4) is 0 Å². The molecule has 1 unspecified atom stereocenters. The number of carbonyl (C=O) groups is 1. The van der Waals surface area contributed by atoms with Crippen molar-refractivity contribution in [1.29, 1.82) is 0 Å². The molecule has 0 saturated carbocycles. The second-order valence-corrected chi connectivity index (χ2v) is 7.26. The van der Waals surface area contributed by atoms with Gasteiger partial charge in [0, 0.05) is 32.0 Å². The second-order valence-electron chi connectivity index (χ2n) is 7.26. The molecule has 0 aliphatic carbocycles. The van der Waals surface area contributed by atoms with Crippen molar-refractivity contribution in [3.63, 3.8) is 0 Å². The average molecular weight is 367 g/mol. The van der Waals surface area contributed by atoms with E-state index < -0.39 is 0 Å². The van der Waals surface area contributed by atoms with E-state index in [9.17, 15) is 9.90 Å². The van der Waals surface area contributed by atoms with Crippen molar-refractivity contribution in [2.75, 3.05) is 19.6 Å². The Balaban J connectivity index is 1.34. The molecule has 2 amide bonds. The number of aromatic nitrogens is 1. The van der Waals surface area contributed by atoms with Gasteiger partial charge >= 0.3 is 6.03 Å². The van der Waals surface area contributed by atoms with Gasteiger partial charge in [0.25, 0.3) is 0 Å². The number of pyridine rings is 1. The van der Waals surface area contributed by atoms with Gasteiger partial charge in [-0.3, -0.25) is 4.98 Å². The first-order valence-corrected chi connectivity index (χ1v) is 9.86. The average Bonchev–Trinajstić information content (AvgIpc) is 2.73. The molecule has 2 N–H and O–H groups in total. The molecule has 5 heteroatoms. The minimum atomic E-state index is -0.291. The molecular weight excluding hydrogens is 338 g/mol. The maximum Gasteiger partial charge on any atom is 0.317 e. The molecule has 0 spiro atoms. The summed E-state index contributed by atoms with van der Waals surface area (Å²) in [7, 11) is 0. The summed E-state index contributed by atoms with van der Waals surface area (Å²) in [5.41, 5.74) is 2.39. The number of aliphatic hydroxyl groups is 1. The molecule has 1 saturated heterocycles. The number of urea groups is 1. The highest BCUT2D eigenvalue weighted by molar-refractivity contribution is 5.74. The number of benzene rings is 1. The summed E-state index contributed by atoms with van der Waals surface area (Å²) in [5.74, 6) is 0.285.